The summed E-state index contributed by atoms with van der Waals surface area (Å²) in [5.74, 6) is -1.73. The first-order chi connectivity index (χ1) is 8.45. The standard InChI is InChI=1S/C11H14N2O5/c1-3-4-9(11(14)15)18-8-6-5-7(2)12-10(8)13(16)17/h5-6,9H,3-4H2,1-2H3,(H,14,15). The Hall–Kier alpha value is -2.18. The summed E-state index contributed by atoms with van der Waals surface area (Å²) < 4.78 is 5.16. The van der Waals surface area contributed by atoms with Gasteiger partial charge in [-0.15, -0.1) is 0 Å². The molecule has 7 nitrogen and oxygen atoms in total. The minimum atomic E-state index is -1.15. The van der Waals surface area contributed by atoms with Gasteiger partial charge in [0.05, 0.1) is 0 Å². The molecule has 0 bridgehead atoms. The maximum Gasteiger partial charge on any atom is 0.406 e. The molecule has 1 unspecified atom stereocenters. The van der Waals surface area contributed by atoms with Crippen LogP contribution >= 0.6 is 0 Å². The van der Waals surface area contributed by atoms with Gasteiger partial charge in [0.25, 0.3) is 0 Å². The largest absolute Gasteiger partial charge is 0.479 e. The fraction of sp³-hybridized carbons (Fsp3) is 0.455. The number of aryl methyl sites for hydroxylation is 1. The highest BCUT2D eigenvalue weighted by atomic mass is 16.6. The second-order valence-electron chi connectivity index (χ2n) is 3.76. The van der Waals surface area contributed by atoms with Crippen LogP contribution in [0.1, 0.15) is 25.5 Å². The first-order valence-electron chi connectivity index (χ1n) is 5.47. The number of rotatable bonds is 6. The Labute approximate surface area is 104 Å². The number of carboxylic acid groups (broad SMARTS) is 1. The summed E-state index contributed by atoms with van der Waals surface area (Å²) in [4.78, 5) is 24.8. The third-order valence-corrected chi connectivity index (χ3v) is 2.25. The van der Waals surface area contributed by atoms with E-state index in [9.17, 15) is 14.9 Å². The lowest BCUT2D eigenvalue weighted by Crippen LogP contribution is -2.27. The highest BCUT2D eigenvalue weighted by Crippen LogP contribution is 2.26. The number of pyridine rings is 1. The molecule has 1 rings (SSSR count). The Balaban J connectivity index is 3.01. The van der Waals surface area contributed by atoms with Crippen molar-refractivity contribution >= 4 is 11.8 Å². The van der Waals surface area contributed by atoms with Gasteiger partial charge < -0.3 is 20.0 Å². The third kappa shape index (κ3) is 3.41. The number of nitrogens with zero attached hydrogens (tertiary/aromatic N) is 2. The van der Waals surface area contributed by atoms with Crippen LogP contribution in [0.5, 0.6) is 5.75 Å². The van der Waals surface area contributed by atoms with Gasteiger partial charge in [0.1, 0.15) is 5.69 Å². The molecule has 0 spiro atoms. The van der Waals surface area contributed by atoms with Gasteiger partial charge >= 0.3 is 11.8 Å². The average molecular weight is 254 g/mol. The minimum Gasteiger partial charge on any atom is -0.479 e. The first kappa shape index (κ1) is 13.9. The zero-order valence-corrected chi connectivity index (χ0v) is 10.1. The van der Waals surface area contributed by atoms with Crippen LogP contribution in [0.25, 0.3) is 0 Å². The van der Waals surface area contributed by atoms with E-state index in [2.05, 4.69) is 4.98 Å². The Morgan fingerprint density at radius 2 is 2.28 bits per heavy atom. The Bertz CT molecular complexity index is 461. The molecule has 1 aromatic rings. The first-order valence-corrected chi connectivity index (χ1v) is 5.47. The molecule has 0 aliphatic rings. The van der Waals surface area contributed by atoms with E-state index in [1.165, 1.54) is 12.1 Å². The van der Waals surface area contributed by atoms with Crippen molar-refractivity contribution in [2.45, 2.75) is 32.8 Å². The van der Waals surface area contributed by atoms with E-state index in [-0.39, 0.29) is 12.2 Å². The molecule has 98 valence electrons. The number of aromatic nitrogens is 1. The number of carbonyl (C=O) groups is 1. The van der Waals surface area contributed by atoms with Gasteiger partial charge in [-0.25, -0.2) is 4.79 Å². The Morgan fingerprint density at radius 3 is 2.78 bits per heavy atom. The molecule has 1 atom stereocenters. The van der Waals surface area contributed by atoms with E-state index in [0.717, 1.165) is 0 Å². The summed E-state index contributed by atoms with van der Waals surface area (Å²) in [6, 6.07) is 2.90. The molecule has 0 aliphatic carbocycles. The SMILES string of the molecule is CCCC(Oc1ccc(C)nc1[N+](=O)[O-])C(=O)O. The summed E-state index contributed by atoms with van der Waals surface area (Å²) in [6.07, 6.45) is -0.220. The van der Waals surface area contributed by atoms with Crippen LogP contribution in [0, 0.1) is 17.0 Å². The second kappa shape index (κ2) is 5.95. The summed E-state index contributed by atoms with van der Waals surface area (Å²) >= 11 is 0. The lowest BCUT2D eigenvalue weighted by molar-refractivity contribution is -0.390. The van der Waals surface area contributed by atoms with Crippen LogP contribution in [0.3, 0.4) is 0 Å². The molecule has 0 saturated heterocycles. The maximum atomic E-state index is 10.9. The lowest BCUT2D eigenvalue weighted by Gasteiger charge is -2.13. The zero-order chi connectivity index (χ0) is 13.7. The smallest absolute Gasteiger partial charge is 0.406 e. The lowest BCUT2D eigenvalue weighted by atomic mass is 10.2. The van der Waals surface area contributed by atoms with Gasteiger partial charge in [-0.1, -0.05) is 13.3 Å². The average Bonchev–Trinajstić information content (AvgIpc) is 2.30. The van der Waals surface area contributed by atoms with Crippen LogP contribution in [0.2, 0.25) is 0 Å². The van der Waals surface area contributed by atoms with Crippen LogP contribution in [-0.2, 0) is 4.79 Å². The molecule has 1 N–H and O–H groups in total. The van der Waals surface area contributed by atoms with Crippen molar-refractivity contribution in [3.05, 3.63) is 27.9 Å². The molecular formula is C11H14N2O5. The van der Waals surface area contributed by atoms with Crippen LogP contribution in [0.4, 0.5) is 5.82 Å². The summed E-state index contributed by atoms with van der Waals surface area (Å²) in [6.45, 7) is 3.42. The number of ether oxygens (including phenoxy) is 1. The maximum absolute atomic E-state index is 10.9. The van der Waals surface area contributed by atoms with Crippen LogP contribution in [0.15, 0.2) is 12.1 Å². The molecule has 18 heavy (non-hydrogen) atoms. The van der Waals surface area contributed by atoms with E-state index < -0.39 is 22.8 Å². The van der Waals surface area contributed by atoms with E-state index in [0.29, 0.717) is 12.1 Å². The zero-order valence-electron chi connectivity index (χ0n) is 10.1. The second-order valence-corrected chi connectivity index (χ2v) is 3.76. The van der Waals surface area contributed by atoms with Crippen molar-refractivity contribution in [3.63, 3.8) is 0 Å². The highest BCUT2D eigenvalue weighted by Gasteiger charge is 2.24. The Morgan fingerprint density at radius 1 is 1.61 bits per heavy atom. The molecule has 0 radical (unpaired) electrons. The van der Waals surface area contributed by atoms with Crippen molar-refractivity contribution in [2.24, 2.45) is 0 Å². The molecule has 0 saturated carbocycles. The highest BCUT2D eigenvalue weighted by molar-refractivity contribution is 5.72. The van der Waals surface area contributed by atoms with Gasteiger partial charge in [-0.05, 0) is 28.5 Å². The van der Waals surface area contributed by atoms with Crippen molar-refractivity contribution in [1.82, 2.24) is 4.98 Å². The van der Waals surface area contributed by atoms with Crippen LogP contribution < -0.4 is 4.74 Å². The molecule has 1 heterocycles. The fourth-order valence-corrected chi connectivity index (χ4v) is 1.40. The van der Waals surface area contributed by atoms with Gasteiger partial charge in [-0.3, -0.25) is 0 Å². The van der Waals surface area contributed by atoms with Crippen molar-refractivity contribution in [1.29, 1.82) is 0 Å². The number of hydrogen-bond acceptors (Lipinski definition) is 5. The number of carboxylic acids is 1. The minimum absolute atomic E-state index is 0.119. The van der Waals surface area contributed by atoms with E-state index in [1.54, 1.807) is 13.8 Å². The fourth-order valence-electron chi connectivity index (χ4n) is 1.40. The monoisotopic (exact) mass is 254 g/mol. The summed E-state index contributed by atoms with van der Waals surface area (Å²) in [5, 5.41) is 19.7. The topological polar surface area (TPSA) is 103 Å². The van der Waals surface area contributed by atoms with Gasteiger partial charge in [-0.2, -0.15) is 0 Å². The van der Waals surface area contributed by atoms with Crippen molar-refractivity contribution in [2.75, 3.05) is 0 Å². The molecule has 0 aromatic carbocycles. The van der Waals surface area contributed by atoms with E-state index in [4.69, 9.17) is 9.84 Å². The molecular weight excluding hydrogens is 240 g/mol. The quantitative estimate of drug-likeness (QED) is 0.614. The van der Waals surface area contributed by atoms with Gasteiger partial charge in [0.2, 0.25) is 5.75 Å². The predicted molar refractivity (Wildman–Crippen MR) is 62.6 cm³/mol. The van der Waals surface area contributed by atoms with Crippen LogP contribution in [-0.4, -0.2) is 27.1 Å². The number of nitro groups is 1. The molecule has 0 aliphatic heterocycles. The van der Waals surface area contributed by atoms with Gasteiger partial charge in [0.15, 0.2) is 6.10 Å². The number of hydrogen-bond donors (Lipinski definition) is 1. The normalized spacial score (nSPS) is 11.9. The summed E-state index contributed by atoms with van der Waals surface area (Å²) in [7, 11) is 0. The van der Waals surface area contributed by atoms with E-state index in [1.807, 2.05) is 0 Å². The third-order valence-electron chi connectivity index (χ3n) is 2.25. The number of aliphatic carboxylic acids is 1. The van der Waals surface area contributed by atoms with Crippen molar-refractivity contribution < 1.29 is 19.6 Å². The molecule has 7 heteroatoms. The molecule has 0 amide bonds. The molecule has 0 fully saturated rings. The molecule has 1 aromatic heterocycles. The predicted octanol–water partition coefficient (Wildman–Crippen LogP) is 1.93. The summed E-state index contributed by atoms with van der Waals surface area (Å²) in [5.41, 5.74) is 0.469. The Kier molecular flexibility index (Phi) is 4.59. The van der Waals surface area contributed by atoms with Gasteiger partial charge in [0, 0.05) is 6.92 Å². The van der Waals surface area contributed by atoms with Crippen molar-refractivity contribution in [3.8, 4) is 5.75 Å². The van der Waals surface area contributed by atoms with E-state index >= 15 is 0 Å².